The van der Waals surface area contributed by atoms with Crippen LogP contribution in [0.15, 0.2) is 14.7 Å². The number of thioether (sulfide) groups is 1. The van der Waals surface area contributed by atoms with Crippen molar-refractivity contribution in [3.05, 3.63) is 20.7 Å². The zero-order valence-electron chi connectivity index (χ0n) is 8.76. The maximum Gasteiger partial charge on any atom is 0.339 e. The molecule has 16 heavy (non-hydrogen) atoms. The third-order valence-corrected chi connectivity index (χ3v) is 3.12. The van der Waals surface area contributed by atoms with Crippen molar-refractivity contribution in [1.82, 2.24) is 14.8 Å². The fourth-order valence-electron chi connectivity index (χ4n) is 0.861. The van der Waals surface area contributed by atoms with Crippen LogP contribution in [-0.4, -0.2) is 31.6 Å². The summed E-state index contributed by atoms with van der Waals surface area (Å²) in [5.41, 5.74) is -1.67. The standard InChI is InChI=1S/C8H11N3O4S/c1-4(7(14)15)3-16-8-9-5(12)6(13)10-11(8)2/h4H,3H2,1-2H3,(H,10,13)(H,14,15). The Morgan fingerprint density at radius 2 is 2.25 bits per heavy atom. The van der Waals surface area contributed by atoms with Gasteiger partial charge in [0, 0.05) is 12.8 Å². The summed E-state index contributed by atoms with van der Waals surface area (Å²) in [6, 6.07) is 0. The molecule has 0 aliphatic heterocycles. The summed E-state index contributed by atoms with van der Waals surface area (Å²) >= 11 is 1.11. The summed E-state index contributed by atoms with van der Waals surface area (Å²) < 4.78 is 1.29. The molecule has 0 radical (unpaired) electrons. The Morgan fingerprint density at radius 1 is 1.62 bits per heavy atom. The molecule has 1 rings (SSSR count). The summed E-state index contributed by atoms with van der Waals surface area (Å²) in [6.45, 7) is 1.55. The zero-order valence-corrected chi connectivity index (χ0v) is 9.58. The molecular formula is C8H11N3O4S. The van der Waals surface area contributed by atoms with Crippen LogP contribution in [0.2, 0.25) is 0 Å². The molecule has 8 heteroatoms. The lowest BCUT2D eigenvalue weighted by atomic mass is 10.2. The number of hydrogen-bond donors (Lipinski definition) is 2. The third kappa shape index (κ3) is 2.96. The van der Waals surface area contributed by atoms with E-state index in [0.717, 1.165) is 11.8 Å². The van der Waals surface area contributed by atoms with E-state index in [2.05, 4.69) is 10.1 Å². The van der Waals surface area contributed by atoms with Crippen LogP contribution in [0.5, 0.6) is 0 Å². The van der Waals surface area contributed by atoms with Gasteiger partial charge in [-0.2, -0.15) is 4.98 Å². The van der Waals surface area contributed by atoms with Crippen LogP contribution in [0.25, 0.3) is 0 Å². The lowest BCUT2D eigenvalue weighted by Crippen LogP contribution is -2.34. The lowest BCUT2D eigenvalue weighted by Gasteiger charge is -2.07. The number of rotatable bonds is 4. The summed E-state index contributed by atoms with van der Waals surface area (Å²) in [5, 5.41) is 11.2. The minimum Gasteiger partial charge on any atom is -0.481 e. The minimum atomic E-state index is -0.915. The van der Waals surface area contributed by atoms with Crippen molar-refractivity contribution < 1.29 is 9.90 Å². The van der Waals surface area contributed by atoms with Crippen molar-refractivity contribution in [2.24, 2.45) is 13.0 Å². The largest absolute Gasteiger partial charge is 0.481 e. The fourth-order valence-corrected chi connectivity index (χ4v) is 1.79. The maximum absolute atomic E-state index is 11.0. The van der Waals surface area contributed by atoms with Gasteiger partial charge >= 0.3 is 17.1 Å². The minimum absolute atomic E-state index is 0.279. The van der Waals surface area contributed by atoms with Gasteiger partial charge in [-0.25, -0.2) is 0 Å². The average Bonchev–Trinajstić information content (AvgIpc) is 2.20. The Kier molecular flexibility index (Phi) is 3.88. The van der Waals surface area contributed by atoms with Crippen molar-refractivity contribution in [1.29, 1.82) is 0 Å². The highest BCUT2D eigenvalue weighted by molar-refractivity contribution is 7.99. The Bertz CT molecular complexity index is 507. The van der Waals surface area contributed by atoms with Crippen LogP contribution in [0, 0.1) is 5.92 Å². The Hall–Kier alpha value is -1.57. The molecule has 0 aliphatic rings. The number of hydrogen-bond acceptors (Lipinski definition) is 5. The first kappa shape index (κ1) is 12.5. The average molecular weight is 245 g/mol. The van der Waals surface area contributed by atoms with Crippen molar-refractivity contribution in [2.75, 3.05) is 5.75 Å². The topological polar surface area (TPSA) is 105 Å². The summed E-state index contributed by atoms with van der Waals surface area (Å²) in [6.07, 6.45) is 0. The molecule has 7 nitrogen and oxygen atoms in total. The molecule has 0 spiro atoms. The SMILES string of the molecule is CC(CSc1nc(=O)c(=O)[nH]n1C)C(=O)O. The van der Waals surface area contributed by atoms with Gasteiger partial charge in [0.2, 0.25) is 0 Å². The lowest BCUT2D eigenvalue weighted by molar-refractivity contribution is -0.140. The molecule has 0 saturated heterocycles. The van der Waals surface area contributed by atoms with Crippen molar-refractivity contribution in [2.45, 2.75) is 12.1 Å². The smallest absolute Gasteiger partial charge is 0.339 e. The third-order valence-electron chi connectivity index (χ3n) is 1.83. The Balaban J connectivity index is 2.83. The second-order valence-electron chi connectivity index (χ2n) is 3.25. The van der Waals surface area contributed by atoms with Gasteiger partial charge in [-0.3, -0.25) is 24.2 Å². The van der Waals surface area contributed by atoms with Crippen LogP contribution >= 0.6 is 11.8 Å². The number of carbonyl (C=O) groups is 1. The van der Waals surface area contributed by atoms with Gasteiger partial charge in [-0.1, -0.05) is 18.7 Å². The van der Waals surface area contributed by atoms with E-state index in [4.69, 9.17) is 5.11 Å². The number of aromatic amines is 1. The first-order valence-electron chi connectivity index (χ1n) is 4.44. The quantitative estimate of drug-likeness (QED) is 0.536. The van der Waals surface area contributed by atoms with Gasteiger partial charge in [0.25, 0.3) is 0 Å². The molecule has 0 aromatic carbocycles. The van der Waals surface area contributed by atoms with E-state index in [0.29, 0.717) is 0 Å². The van der Waals surface area contributed by atoms with Crippen LogP contribution in [0.4, 0.5) is 0 Å². The van der Waals surface area contributed by atoms with Crippen molar-refractivity contribution in [3.8, 4) is 0 Å². The number of nitrogens with zero attached hydrogens (tertiary/aromatic N) is 2. The maximum atomic E-state index is 11.0. The second kappa shape index (κ2) is 4.97. The van der Waals surface area contributed by atoms with Gasteiger partial charge < -0.3 is 5.11 Å². The molecule has 0 amide bonds. The number of aryl methyl sites for hydroxylation is 1. The highest BCUT2D eigenvalue weighted by Gasteiger charge is 2.13. The molecule has 88 valence electrons. The van der Waals surface area contributed by atoms with Crippen molar-refractivity contribution in [3.63, 3.8) is 0 Å². The molecule has 1 aromatic rings. The number of nitrogens with one attached hydrogen (secondary N) is 1. The molecule has 1 atom stereocenters. The number of H-pyrrole nitrogens is 1. The van der Waals surface area contributed by atoms with E-state index in [1.807, 2.05) is 0 Å². The van der Waals surface area contributed by atoms with Gasteiger partial charge in [0.1, 0.15) is 0 Å². The summed E-state index contributed by atoms with van der Waals surface area (Å²) in [4.78, 5) is 36.0. The summed E-state index contributed by atoms with van der Waals surface area (Å²) in [5.74, 6) is -1.18. The molecule has 1 heterocycles. The number of carboxylic acid groups (broad SMARTS) is 1. The van der Waals surface area contributed by atoms with E-state index in [-0.39, 0.29) is 10.9 Å². The fraction of sp³-hybridized carbons (Fsp3) is 0.500. The predicted molar refractivity (Wildman–Crippen MR) is 57.6 cm³/mol. The molecule has 0 fully saturated rings. The molecule has 1 unspecified atom stereocenters. The van der Waals surface area contributed by atoms with E-state index in [1.54, 1.807) is 6.92 Å². The Morgan fingerprint density at radius 3 is 2.81 bits per heavy atom. The van der Waals surface area contributed by atoms with Crippen LogP contribution in [-0.2, 0) is 11.8 Å². The van der Waals surface area contributed by atoms with Crippen LogP contribution in [0.3, 0.4) is 0 Å². The Labute approximate surface area is 94.5 Å². The van der Waals surface area contributed by atoms with Gasteiger partial charge in [-0.15, -0.1) is 0 Å². The van der Waals surface area contributed by atoms with Crippen molar-refractivity contribution >= 4 is 17.7 Å². The number of aromatic nitrogens is 3. The first-order valence-corrected chi connectivity index (χ1v) is 5.43. The molecule has 0 bridgehead atoms. The molecule has 0 saturated carbocycles. The second-order valence-corrected chi connectivity index (χ2v) is 4.24. The first-order chi connectivity index (χ1) is 7.41. The van der Waals surface area contributed by atoms with Gasteiger partial charge in [-0.05, 0) is 0 Å². The normalized spacial score (nSPS) is 12.4. The van der Waals surface area contributed by atoms with Crippen LogP contribution in [0.1, 0.15) is 6.92 Å². The zero-order chi connectivity index (χ0) is 12.3. The summed E-state index contributed by atoms with van der Waals surface area (Å²) in [7, 11) is 1.53. The van der Waals surface area contributed by atoms with E-state index >= 15 is 0 Å². The highest BCUT2D eigenvalue weighted by atomic mass is 32.2. The van der Waals surface area contributed by atoms with Gasteiger partial charge in [0.05, 0.1) is 5.92 Å². The predicted octanol–water partition coefficient (Wildman–Crippen LogP) is -0.719. The van der Waals surface area contributed by atoms with E-state index in [1.165, 1.54) is 11.7 Å². The monoisotopic (exact) mass is 245 g/mol. The van der Waals surface area contributed by atoms with E-state index < -0.39 is 23.0 Å². The molecule has 0 aliphatic carbocycles. The molecule has 1 aromatic heterocycles. The highest BCUT2D eigenvalue weighted by Crippen LogP contribution is 2.15. The van der Waals surface area contributed by atoms with E-state index in [9.17, 15) is 14.4 Å². The molecular weight excluding hydrogens is 234 g/mol. The number of carboxylic acids is 1. The molecule has 2 N–H and O–H groups in total. The van der Waals surface area contributed by atoms with Gasteiger partial charge in [0.15, 0.2) is 5.16 Å². The van der Waals surface area contributed by atoms with Crippen LogP contribution < -0.4 is 11.1 Å². The number of aliphatic carboxylic acids is 1.